The van der Waals surface area contributed by atoms with Crippen LogP contribution in [0.25, 0.3) is 0 Å². The fourth-order valence-corrected chi connectivity index (χ4v) is 4.40. The summed E-state index contributed by atoms with van der Waals surface area (Å²) in [6, 6.07) is 6.36. The molecular weight excluding hydrogens is 288 g/mol. The van der Waals surface area contributed by atoms with E-state index in [1.165, 1.54) is 31.2 Å². The number of ether oxygens (including phenoxy) is 2. The van der Waals surface area contributed by atoms with Crippen molar-refractivity contribution in [2.45, 2.75) is 37.7 Å². The molecule has 2 bridgehead atoms. The molecule has 3 atom stereocenters. The molecule has 4 heteroatoms. The molecule has 0 amide bonds. The summed E-state index contributed by atoms with van der Waals surface area (Å²) < 4.78 is 11.9. The molecule has 2 N–H and O–H groups in total. The molecule has 0 spiro atoms. The van der Waals surface area contributed by atoms with Crippen LogP contribution in [0.5, 0.6) is 11.5 Å². The van der Waals surface area contributed by atoms with Crippen molar-refractivity contribution in [2.24, 2.45) is 11.8 Å². The van der Waals surface area contributed by atoms with E-state index < -0.39 is 0 Å². The van der Waals surface area contributed by atoms with Gasteiger partial charge in [-0.3, -0.25) is 0 Å². The monoisotopic (exact) mass is 314 g/mol. The minimum atomic E-state index is 0.375. The predicted octanol–water partition coefficient (Wildman–Crippen LogP) is 3.01. The van der Waals surface area contributed by atoms with Crippen LogP contribution in [-0.2, 0) is 0 Å². The number of fused-ring (bicyclic) bond motifs is 2. The molecule has 23 heavy (non-hydrogen) atoms. The first-order valence-corrected chi connectivity index (χ1v) is 8.74. The molecule has 0 aromatic heterocycles. The Hall–Kier alpha value is -1.84. The van der Waals surface area contributed by atoms with Crippen molar-refractivity contribution in [1.29, 1.82) is 0 Å². The zero-order valence-corrected chi connectivity index (χ0v) is 13.8. The smallest absolute Gasteiger partial charge is 0.161 e. The fourth-order valence-electron chi connectivity index (χ4n) is 4.40. The lowest BCUT2D eigenvalue weighted by atomic mass is 9.96. The Labute approximate surface area is 138 Å². The Morgan fingerprint density at radius 2 is 1.91 bits per heavy atom. The predicted molar refractivity (Wildman–Crippen MR) is 90.7 cm³/mol. The number of benzene rings is 1. The maximum absolute atomic E-state index is 6.40. The fraction of sp³-hybridized carbons (Fsp3) is 0.579. The molecular formula is C19H26N2O2. The Bertz CT molecular complexity index is 591. The van der Waals surface area contributed by atoms with Crippen LogP contribution >= 0.6 is 0 Å². The first-order valence-electron chi connectivity index (χ1n) is 8.74. The molecule has 1 aliphatic heterocycles. The lowest BCUT2D eigenvalue weighted by Gasteiger charge is -2.28. The Kier molecular flexibility index (Phi) is 3.83. The van der Waals surface area contributed by atoms with Gasteiger partial charge in [0.05, 0.1) is 12.9 Å². The van der Waals surface area contributed by atoms with Crippen molar-refractivity contribution in [3.63, 3.8) is 0 Å². The molecule has 1 aromatic rings. The molecule has 2 aliphatic carbocycles. The molecule has 4 rings (SSSR count). The average molecular weight is 314 g/mol. The molecule has 1 heterocycles. The van der Waals surface area contributed by atoms with Crippen LogP contribution < -0.4 is 20.1 Å². The van der Waals surface area contributed by atoms with E-state index >= 15 is 0 Å². The first-order chi connectivity index (χ1) is 11.2. The molecule has 1 aromatic carbocycles. The van der Waals surface area contributed by atoms with Gasteiger partial charge in [0.25, 0.3) is 0 Å². The van der Waals surface area contributed by atoms with Gasteiger partial charge in [0.2, 0.25) is 0 Å². The molecule has 0 radical (unpaired) electrons. The topological polar surface area (TPSA) is 42.5 Å². The minimum Gasteiger partial charge on any atom is -0.493 e. The second kappa shape index (κ2) is 5.99. The summed E-state index contributed by atoms with van der Waals surface area (Å²) in [7, 11) is 1.72. The zero-order valence-electron chi connectivity index (χ0n) is 13.8. The standard InChI is InChI=1S/C19H26N2O2/c1-12-20-10-16(11-21-12)14-5-6-17(22-2)19(9-14)23-18-8-13-3-4-15(18)7-13/h5-6,9,13,15-16,18,20-21H,1,3-4,7-8,10-11H2,2H3. The third kappa shape index (κ3) is 2.87. The van der Waals surface area contributed by atoms with E-state index in [1.807, 2.05) is 6.07 Å². The van der Waals surface area contributed by atoms with E-state index in [9.17, 15) is 0 Å². The van der Waals surface area contributed by atoms with Crippen molar-refractivity contribution in [3.8, 4) is 11.5 Å². The summed E-state index contributed by atoms with van der Waals surface area (Å²) in [5.74, 6) is 4.72. The van der Waals surface area contributed by atoms with Crippen LogP contribution in [0.3, 0.4) is 0 Å². The third-order valence-corrected chi connectivity index (χ3v) is 5.73. The molecule has 3 fully saturated rings. The van der Waals surface area contributed by atoms with Crippen LogP contribution in [0.4, 0.5) is 0 Å². The summed E-state index contributed by atoms with van der Waals surface area (Å²) in [5, 5.41) is 6.59. The number of rotatable bonds is 4. The SMILES string of the molecule is C=C1NCC(c2ccc(OC)c(OC3CC4CCC3C4)c2)CN1. The Morgan fingerprint density at radius 3 is 2.57 bits per heavy atom. The lowest BCUT2D eigenvalue weighted by molar-refractivity contribution is 0.133. The van der Waals surface area contributed by atoms with Crippen LogP contribution in [0, 0.1) is 11.8 Å². The zero-order chi connectivity index (χ0) is 15.8. The van der Waals surface area contributed by atoms with Gasteiger partial charge in [-0.2, -0.15) is 0 Å². The van der Waals surface area contributed by atoms with Crippen LogP contribution in [0.15, 0.2) is 30.6 Å². The van der Waals surface area contributed by atoms with Crippen molar-refractivity contribution >= 4 is 0 Å². The van der Waals surface area contributed by atoms with Crippen LogP contribution in [0.1, 0.15) is 37.2 Å². The largest absolute Gasteiger partial charge is 0.493 e. The van der Waals surface area contributed by atoms with E-state index in [-0.39, 0.29) is 0 Å². The number of hydrogen-bond donors (Lipinski definition) is 2. The number of methoxy groups -OCH3 is 1. The van der Waals surface area contributed by atoms with E-state index in [0.29, 0.717) is 12.0 Å². The molecule has 124 valence electrons. The van der Waals surface area contributed by atoms with Gasteiger partial charge in [0, 0.05) is 19.0 Å². The summed E-state index contributed by atoms with van der Waals surface area (Å²) in [4.78, 5) is 0. The minimum absolute atomic E-state index is 0.375. The van der Waals surface area contributed by atoms with Gasteiger partial charge in [-0.05, 0) is 55.2 Å². The van der Waals surface area contributed by atoms with Gasteiger partial charge in [0.1, 0.15) is 6.10 Å². The second-order valence-corrected chi connectivity index (χ2v) is 7.18. The summed E-state index contributed by atoms with van der Waals surface area (Å²) in [6.45, 7) is 5.73. The second-order valence-electron chi connectivity index (χ2n) is 7.18. The molecule has 3 unspecified atom stereocenters. The average Bonchev–Trinajstić information content (AvgIpc) is 3.18. The van der Waals surface area contributed by atoms with Crippen molar-refractivity contribution < 1.29 is 9.47 Å². The normalized spacial score (nSPS) is 30.0. The van der Waals surface area contributed by atoms with Gasteiger partial charge < -0.3 is 20.1 Å². The van der Waals surface area contributed by atoms with E-state index in [1.54, 1.807) is 7.11 Å². The maximum atomic E-state index is 6.40. The van der Waals surface area contributed by atoms with Crippen molar-refractivity contribution in [2.75, 3.05) is 20.2 Å². The highest BCUT2D eigenvalue weighted by Crippen LogP contribution is 2.47. The van der Waals surface area contributed by atoms with E-state index in [2.05, 4.69) is 29.3 Å². The van der Waals surface area contributed by atoms with Gasteiger partial charge in [-0.15, -0.1) is 0 Å². The highest BCUT2D eigenvalue weighted by molar-refractivity contribution is 5.44. The maximum Gasteiger partial charge on any atom is 0.161 e. The quantitative estimate of drug-likeness (QED) is 0.896. The highest BCUT2D eigenvalue weighted by atomic mass is 16.5. The first kappa shape index (κ1) is 14.7. The molecule has 1 saturated heterocycles. The van der Waals surface area contributed by atoms with Crippen molar-refractivity contribution in [1.82, 2.24) is 10.6 Å². The van der Waals surface area contributed by atoms with Gasteiger partial charge >= 0.3 is 0 Å². The summed E-state index contributed by atoms with van der Waals surface area (Å²) in [5.41, 5.74) is 1.29. The lowest BCUT2D eigenvalue weighted by Crippen LogP contribution is -2.40. The summed E-state index contributed by atoms with van der Waals surface area (Å²) in [6.07, 6.45) is 5.66. The highest BCUT2D eigenvalue weighted by Gasteiger charge is 2.41. The van der Waals surface area contributed by atoms with E-state index in [4.69, 9.17) is 9.47 Å². The Balaban J connectivity index is 1.52. The van der Waals surface area contributed by atoms with Crippen molar-refractivity contribution in [3.05, 3.63) is 36.2 Å². The van der Waals surface area contributed by atoms with Gasteiger partial charge in [-0.1, -0.05) is 12.6 Å². The molecule has 3 aliphatic rings. The van der Waals surface area contributed by atoms with E-state index in [0.717, 1.165) is 42.2 Å². The van der Waals surface area contributed by atoms with Crippen LogP contribution in [-0.4, -0.2) is 26.3 Å². The number of hydrogen-bond acceptors (Lipinski definition) is 4. The van der Waals surface area contributed by atoms with Gasteiger partial charge in [0.15, 0.2) is 11.5 Å². The summed E-state index contributed by atoms with van der Waals surface area (Å²) >= 11 is 0. The molecule has 4 nitrogen and oxygen atoms in total. The van der Waals surface area contributed by atoms with Gasteiger partial charge in [-0.25, -0.2) is 0 Å². The van der Waals surface area contributed by atoms with Crippen LogP contribution in [0.2, 0.25) is 0 Å². The third-order valence-electron chi connectivity index (χ3n) is 5.73. The number of nitrogens with one attached hydrogen (secondary N) is 2. The Morgan fingerprint density at radius 1 is 1.09 bits per heavy atom. The molecule has 2 saturated carbocycles.